The minimum atomic E-state index is -1.03. The van der Waals surface area contributed by atoms with Gasteiger partial charge in [-0.3, -0.25) is 14.5 Å². The summed E-state index contributed by atoms with van der Waals surface area (Å²) < 4.78 is 24.7. The van der Waals surface area contributed by atoms with E-state index in [2.05, 4.69) is 0 Å². The van der Waals surface area contributed by atoms with Crippen molar-refractivity contribution in [1.29, 1.82) is 0 Å². The van der Waals surface area contributed by atoms with E-state index in [1.165, 1.54) is 42.3 Å². The molecule has 0 spiro atoms. The fourth-order valence-electron chi connectivity index (χ4n) is 3.91. The number of carbonyl (C=O) groups excluding carboxylic acids is 2. The molecule has 4 rings (SSSR count). The molecule has 1 unspecified atom stereocenters. The molecule has 0 aliphatic carbocycles. The van der Waals surface area contributed by atoms with Crippen LogP contribution in [0.3, 0.4) is 0 Å². The van der Waals surface area contributed by atoms with Gasteiger partial charge in [-0.05, 0) is 61.0 Å². The van der Waals surface area contributed by atoms with Crippen LogP contribution < -0.4 is 14.4 Å². The summed E-state index contributed by atoms with van der Waals surface area (Å²) in [5.41, 5.74) is 0.664. The Hall–Kier alpha value is -3.84. The smallest absolute Gasteiger partial charge is 0.300 e. The lowest BCUT2D eigenvalue weighted by Crippen LogP contribution is -2.29. The predicted molar refractivity (Wildman–Crippen MR) is 127 cm³/mol. The molecule has 0 aromatic heterocycles. The second-order valence-corrected chi connectivity index (χ2v) is 7.90. The van der Waals surface area contributed by atoms with Crippen molar-refractivity contribution in [3.8, 4) is 11.5 Å². The topological polar surface area (TPSA) is 76.1 Å². The minimum absolute atomic E-state index is 0.142. The van der Waals surface area contributed by atoms with Crippen LogP contribution in [-0.2, 0) is 9.59 Å². The normalized spacial score (nSPS) is 17.2. The Kier molecular flexibility index (Phi) is 6.56. The molecule has 1 fully saturated rings. The zero-order valence-corrected chi connectivity index (χ0v) is 19.2. The van der Waals surface area contributed by atoms with Crippen molar-refractivity contribution >= 4 is 34.7 Å². The highest BCUT2D eigenvalue weighted by Gasteiger charge is 2.47. The van der Waals surface area contributed by atoms with Gasteiger partial charge in [-0.2, -0.15) is 0 Å². The summed E-state index contributed by atoms with van der Waals surface area (Å²) in [6.45, 7) is 2.19. The largest absolute Gasteiger partial charge is 0.507 e. The number of aliphatic hydroxyl groups excluding tert-OH is 1. The minimum Gasteiger partial charge on any atom is -0.507 e. The molecule has 1 N–H and O–H groups in total. The van der Waals surface area contributed by atoms with E-state index < -0.39 is 29.3 Å². The highest BCUT2D eigenvalue weighted by molar-refractivity contribution is 6.52. The molecule has 1 amide bonds. The number of aliphatic hydroxyl groups is 1. The van der Waals surface area contributed by atoms with Crippen molar-refractivity contribution in [2.75, 3.05) is 18.6 Å². The number of amides is 1. The molecule has 6 nitrogen and oxygen atoms in total. The molecule has 0 radical (unpaired) electrons. The van der Waals surface area contributed by atoms with Gasteiger partial charge in [0.2, 0.25) is 0 Å². The van der Waals surface area contributed by atoms with Crippen molar-refractivity contribution in [3.05, 3.63) is 94.3 Å². The molecule has 0 bridgehead atoms. The van der Waals surface area contributed by atoms with Gasteiger partial charge < -0.3 is 14.6 Å². The first-order valence-electron chi connectivity index (χ1n) is 10.5. The monoisotopic (exact) mass is 481 g/mol. The number of anilines is 1. The second-order valence-electron chi connectivity index (χ2n) is 7.50. The van der Waals surface area contributed by atoms with Crippen LogP contribution in [0.4, 0.5) is 10.1 Å². The van der Waals surface area contributed by atoms with Crippen LogP contribution in [0.15, 0.2) is 72.3 Å². The molecule has 1 aliphatic heterocycles. The van der Waals surface area contributed by atoms with E-state index >= 15 is 0 Å². The number of halogens is 2. The van der Waals surface area contributed by atoms with Gasteiger partial charge in [0.05, 0.1) is 30.4 Å². The van der Waals surface area contributed by atoms with Gasteiger partial charge in [-0.1, -0.05) is 29.8 Å². The Balaban J connectivity index is 1.95. The Labute approximate surface area is 200 Å². The third-order valence-corrected chi connectivity index (χ3v) is 5.80. The summed E-state index contributed by atoms with van der Waals surface area (Å²) in [6.07, 6.45) is 0. The number of benzene rings is 3. The fourth-order valence-corrected chi connectivity index (χ4v) is 4.12. The Bertz CT molecular complexity index is 1290. The molecule has 3 aromatic carbocycles. The maximum Gasteiger partial charge on any atom is 0.300 e. The summed E-state index contributed by atoms with van der Waals surface area (Å²) in [7, 11) is 1.52. The summed E-state index contributed by atoms with van der Waals surface area (Å²) in [5, 5.41) is 11.4. The Morgan fingerprint density at radius 1 is 1.06 bits per heavy atom. The molecule has 1 saturated heterocycles. The first-order chi connectivity index (χ1) is 16.3. The van der Waals surface area contributed by atoms with Gasteiger partial charge >= 0.3 is 0 Å². The number of rotatable bonds is 6. The molecular weight excluding hydrogens is 461 g/mol. The van der Waals surface area contributed by atoms with Crippen molar-refractivity contribution in [3.63, 3.8) is 0 Å². The van der Waals surface area contributed by atoms with Gasteiger partial charge in [0.25, 0.3) is 11.7 Å². The van der Waals surface area contributed by atoms with E-state index in [1.807, 2.05) is 6.92 Å². The van der Waals surface area contributed by atoms with Gasteiger partial charge in [0.15, 0.2) is 0 Å². The van der Waals surface area contributed by atoms with E-state index in [0.717, 1.165) is 6.07 Å². The Morgan fingerprint density at radius 2 is 1.76 bits per heavy atom. The van der Waals surface area contributed by atoms with E-state index in [1.54, 1.807) is 30.3 Å². The first kappa shape index (κ1) is 23.3. The van der Waals surface area contributed by atoms with Crippen LogP contribution in [0.1, 0.15) is 24.1 Å². The molecule has 1 atom stereocenters. The first-order valence-corrected chi connectivity index (χ1v) is 10.9. The number of hydrogen-bond donors (Lipinski definition) is 1. The molecule has 0 saturated carbocycles. The number of carbonyl (C=O) groups is 2. The van der Waals surface area contributed by atoms with Crippen molar-refractivity contribution < 1.29 is 28.6 Å². The van der Waals surface area contributed by atoms with Gasteiger partial charge in [0.1, 0.15) is 23.1 Å². The van der Waals surface area contributed by atoms with Crippen LogP contribution in [0, 0.1) is 5.82 Å². The van der Waals surface area contributed by atoms with Gasteiger partial charge in [-0.15, -0.1) is 0 Å². The van der Waals surface area contributed by atoms with E-state index in [-0.39, 0.29) is 21.8 Å². The van der Waals surface area contributed by atoms with Crippen LogP contribution in [0.5, 0.6) is 11.5 Å². The second kappa shape index (κ2) is 9.57. The van der Waals surface area contributed by atoms with Crippen molar-refractivity contribution in [2.45, 2.75) is 13.0 Å². The zero-order valence-electron chi connectivity index (χ0n) is 18.4. The lowest BCUT2D eigenvalue weighted by molar-refractivity contribution is -0.132. The molecule has 1 aliphatic rings. The highest BCUT2D eigenvalue weighted by atomic mass is 35.5. The molecule has 34 heavy (non-hydrogen) atoms. The van der Waals surface area contributed by atoms with Gasteiger partial charge in [-0.25, -0.2) is 4.39 Å². The number of ketones is 1. The van der Waals surface area contributed by atoms with Crippen LogP contribution in [0.25, 0.3) is 5.76 Å². The number of Topliss-reactive ketones (excluding diaryl/α,β-unsaturated/α-hetero) is 1. The van der Waals surface area contributed by atoms with E-state index in [9.17, 15) is 19.1 Å². The van der Waals surface area contributed by atoms with Crippen molar-refractivity contribution in [1.82, 2.24) is 0 Å². The molecule has 174 valence electrons. The molecule has 1 heterocycles. The van der Waals surface area contributed by atoms with E-state index in [4.69, 9.17) is 21.1 Å². The van der Waals surface area contributed by atoms with Gasteiger partial charge in [0, 0.05) is 11.3 Å². The third kappa shape index (κ3) is 4.22. The lowest BCUT2D eigenvalue weighted by atomic mass is 9.95. The SMILES string of the molecule is CCOc1ccc(Cl)c(/C(O)=C2\C(=O)C(=O)N(c3cccc(F)c3)C2c2ccc(OC)cc2)c1. The highest BCUT2D eigenvalue weighted by Crippen LogP contribution is 2.43. The summed E-state index contributed by atoms with van der Waals surface area (Å²) in [4.78, 5) is 27.5. The molecular formula is C26H21ClFNO5. The number of nitrogens with zero attached hydrogens (tertiary/aromatic N) is 1. The number of ether oxygens (including phenoxy) is 2. The van der Waals surface area contributed by atoms with Crippen LogP contribution >= 0.6 is 11.6 Å². The standard InChI is InChI=1S/C26H21ClFNO5/c1-3-34-19-11-12-21(27)20(14-19)24(30)22-23(15-7-9-18(33-2)10-8-15)29(26(32)25(22)31)17-6-4-5-16(28)13-17/h4-14,23,30H,3H2,1-2H3/b24-22+. The van der Waals surface area contributed by atoms with Crippen LogP contribution in [-0.4, -0.2) is 30.5 Å². The van der Waals surface area contributed by atoms with E-state index in [0.29, 0.717) is 23.7 Å². The maximum atomic E-state index is 14.0. The fraction of sp³-hybridized carbons (Fsp3) is 0.154. The number of methoxy groups -OCH3 is 1. The molecule has 8 heteroatoms. The maximum absolute atomic E-state index is 14.0. The average Bonchev–Trinajstić information content (AvgIpc) is 3.10. The summed E-state index contributed by atoms with van der Waals surface area (Å²) in [5.74, 6) is -1.83. The zero-order chi connectivity index (χ0) is 24.4. The average molecular weight is 482 g/mol. The third-order valence-electron chi connectivity index (χ3n) is 5.47. The lowest BCUT2D eigenvalue weighted by Gasteiger charge is -2.25. The van der Waals surface area contributed by atoms with Crippen LogP contribution in [0.2, 0.25) is 5.02 Å². The predicted octanol–water partition coefficient (Wildman–Crippen LogP) is 5.51. The van der Waals surface area contributed by atoms with Crippen molar-refractivity contribution in [2.24, 2.45) is 0 Å². The summed E-state index contributed by atoms with van der Waals surface area (Å²) in [6, 6.07) is 15.7. The summed E-state index contributed by atoms with van der Waals surface area (Å²) >= 11 is 6.34. The molecule has 3 aromatic rings. The number of hydrogen-bond acceptors (Lipinski definition) is 5. The quantitative estimate of drug-likeness (QED) is 0.285. The Morgan fingerprint density at radius 3 is 2.41 bits per heavy atom.